The lowest BCUT2D eigenvalue weighted by Gasteiger charge is -2.04. The first-order valence-electron chi connectivity index (χ1n) is 4.57. The van der Waals surface area contributed by atoms with Gasteiger partial charge in [-0.3, -0.25) is 0 Å². The Balaban J connectivity index is 2.90. The van der Waals surface area contributed by atoms with Crippen molar-refractivity contribution in [2.24, 2.45) is 0 Å². The van der Waals surface area contributed by atoms with Crippen LogP contribution in [0, 0.1) is 0 Å². The van der Waals surface area contributed by atoms with E-state index >= 15 is 0 Å². The van der Waals surface area contributed by atoms with E-state index in [2.05, 4.69) is 15.9 Å². The molecule has 1 heterocycles. The molecule has 0 amide bonds. The molecule has 4 heteroatoms. The van der Waals surface area contributed by atoms with Crippen LogP contribution in [-0.4, -0.2) is 5.11 Å². The smallest absolute Gasteiger partial charge is 0.336 e. The molecule has 0 fully saturated rings. The quantitative estimate of drug-likeness (QED) is 0.810. The molecule has 0 unspecified atom stereocenters. The van der Waals surface area contributed by atoms with Gasteiger partial charge in [0.15, 0.2) is 0 Å². The number of benzene rings is 1. The fraction of sp³-hybridized carbons (Fsp3) is 0.182. The molecule has 0 aliphatic rings. The van der Waals surface area contributed by atoms with Gasteiger partial charge in [0.25, 0.3) is 0 Å². The summed E-state index contributed by atoms with van der Waals surface area (Å²) in [5.41, 5.74) is 0.947. The number of aryl methyl sites for hydroxylation is 1. The third-order valence-electron chi connectivity index (χ3n) is 2.28. The van der Waals surface area contributed by atoms with Crippen molar-refractivity contribution in [3.63, 3.8) is 0 Å². The highest BCUT2D eigenvalue weighted by atomic mass is 79.9. The minimum absolute atomic E-state index is 0.0684. The van der Waals surface area contributed by atoms with Crippen LogP contribution in [0.1, 0.15) is 12.5 Å². The van der Waals surface area contributed by atoms with Crippen molar-refractivity contribution in [3.8, 4) is 5.75 Å². The lowest BCUT2D eigenvalue weighted by atomic mass is 10.1. The standard InChI is InChI=1S/C11H9BrO3/c1-2-6-3-11(14)15-10-5-9(13)8(12)4-7(6)10/h3-5,13H,2H2,1H3. The first kappa shape index (κ1) is 10.2. The zero-order valence-electron chi connectivity index (χ0n) is 8.08. The van der Waals surface area contributed by atoms with Crippen LogP contribution in [0.3, 0.4) is 0 Å². The summed E-state index contributed by atoms with van der Waals surface area (Å²) < 4.78 is 5.60. The second-order valence-corrected chi connectivity index (χ2v) is 4.10. The van der Waals surface area contributed by atoms with E-state index in [1.807, 2.05) is 6.92 Å². The predicted octanol–water partition coefficient (Wildman–Crippen LogP) is 2.82. The number of rotatable bonds is 1. The number of phenolic OH excluding ortho intramolecular Hbond substituents is 1. The lowest BCUT2D eigenvalue weighted by Crippen LogP contribution is -1.99. The molecule has 15 heavy (non-hydrogen) atoms. The van der Waals surface area contributed by atoms with Gasteiger partial charge in [-0.1, -0.05) is 6.92 Å². The van der Waals surface area contributed by atoms with E-state index < -0.39 is 0 Å². The Kier molecular flexibility index (Phi) is 2.52. The second kappa shape index (κ2) is 3.70. The van der Waals surface area contributed by atoms with Crippen molar-refractivity contribution in [3.05, 3.63) is 38.7 Å². The van der Waals surface area contributed by atoms with Gasteiger partial charge < -0.3 is 9.52 Å². The average molecular weight is 269 g/mol. The van der Waals surface area contributed by atoms with Gasteiger partial charge in [-0.15, -0.1) is 0 Å². The molecule has 1 N–H and O–H groups in total. The summed E-state index contributed by atoms with van der Waals surface area (Å²) in [7, 11) is 0. The largest absolute Gasteiger partial charge is 0.507 e. The normalized spacial score (nSPS) is 10.8. The minimum atomic E-state index is -0.388. The third-order valence-corrected chi connectivity index (χ3v) is 2.91. The molecule has 0 atom stereocenters. The first-order valence-corrected chi connectivity index (χ1v) is 5.36. The van der Waals surface area contributed by atoms with Gasteiger partial charge in [-0.2, -0.15) is 0 Å². The van der Waals surface area contributed by atoms with Crippen molar-refractivity contribution < 1.29 is 9.52 Å². The maximum Gasteiger partial charge on any atom is 0.336 e. The van der Waals surface area contributed by atoms with E-state index in [0.29, 0.717) is 10.1 Å². The number of phenols is 1. The summed E-state index contributed by atoms with van der Waals surface area (Å²) in [5.74, 6) is 0.0684. The monoisotopic (exact) mass is 268 g/mol. The summed E-state index contributed by atoms with van der Waals surface area (Å²) in [5, 5.41) is 10.3. The van der Waals surface area contributed by atoms with Crippen molar-refractivity contribution >= 4 is 26.9 Å². The fourth-order valence-electron chi connectivity index (χ4n) is 1.53. The first-order chi connectivity index (χ1) is 7.11. The molecule has 2 rings (SSSR count). The van der Waals surface area contributed by atoms with E-state index in [1.165, 1.54) is 12.1 Å². The molecule has 2 aromatic rings. The van der Waals surface area contributed by atoms with Crippen LogP contribution in [0.25, 0.3) is 11.0 Å². The average Bonchev–Trinajstić information content (AvgIpc) is 2.19. The van der Waals surface area contributed by atoms with Gasteiger partial charge >= 0.3 is 5.63 Å². The molecule has 1 aromatic carbocycles. The molecular formula is C11H9BrO3. The van der Waals surface area contributed by atoms with Gasteiger partial charge in [0, 0.05) is 17.5 Å². The van der Waals surface area contributed by atoms with E-state index in [4.69, 9.17) is 4.42 Å². The Labute approximate surface area is 94.5 Å². The molecule has 3 nitrogen and oxygen atoms in total. The van der Waals surface area contributed by atoms with Crippen LogP contribution in [0.4, 0.5) is 0 Å². The number of fused-ring (bicyclic) bond motifs is 1. The SMILES string of the molecule is CCc1cc(=O)oc2cc(O)c(Br)cc12. The lowest BCUT2D eigenvalue weighted by molar-refractivity contribution is 0.469. The fourth-order valence-corrected chi connectivity index (χ4v) is 1.87. The molecule has 0 aliphatic heterocycles. The summed E-state index contributed by atoms with van der Waals surface area (Å²) in [6.07, 6.45) is 0.749. The van der Waals surface area contributed by atoms with Crippen molar-refractivity contribution in [1.29, 1.82) is 0 Å². The van der Waals surface area contributed by atoms with Gasteiger partial charge in [-0.25, -0.2) is 4.79 Å². The molecule has 0 radical (unpaired) electrons. The Hall–Kier alpha value is -1.29. The molecule has 0 saturated carbocycles. The van der Waals surface area contributed by atoms with Crippen LogP contribution in [0.2, 0.25) is 0 Å². The summed E-state index contributed by atoms with van der Waals surface area (Å²) >= 11 is 3.23. The maximum absolute atomic E-state index is 11.2. The maximum atomic E-state index is 11.2. The number of hydrogen-bond donors (Lipinski definition) is 1. The molecule has 0 saturated heterocycles. The molecule has 0 aliphatic carbocycles. The Morgan fingerprint density at radius 2 is 2.13 bits per heavy atom. The highest BCUT2D eigenvalue weighted by Crippen LogP contribution is 2.30. The van der Waals surface area contributed by atoms with Gasteiger partial charge in [0.1, 0.15) is 11.3 Å². The molecular weight excluding hydrogens is 260 g/mol. The summed E-state index contributed by atoms with van der Waals surface area (Å²) in [4.78, 5) is 11.2. The van der Waals surface area contributed by atoms with E-state index in [-0.39, 0.29) is 11.4 Å². The van der Waals surface area contributed by atoms with Gasteiger partial charge in [0.05, 0.1) is 4.47 Å². The highest BCUT2D eigenvalue weighted by molar-refractivity contribution is 9.10. The Bertz CT molecular complexity index is 572. The third kappa shape index (κ3) is 1.77. The number of hydrogen-bond acceptors (Lipinski definition) is 3. The summed E-state index contributed by atoms with van der Waals surface area (Å²) in [6, 6.07) is 4.68. The van der Waals surface area contributed by atoms with Gasteiger partial charge in [-0.05, 0) is 34.0 Å². The van der Waals surface area contributed by atoms with Crippen LogP contribution in [0.15, 0.2) is 31.9 Å². The molecule has 1 aromatic heterocycles. The zero-order valence-corrected chi connectivity index (χ0v) is 9.67. The molecule has 78 valence electrons. The van der Waals surface area contributed by atoms with Crippen molar-refractivity contribution in [2.45, 2.75) is 13.3 Å². The topological polar surface area (TPSA) is 50.4 Å². The van der Waals surface area contributed by atoms with Crippen LogP contribution < -0.4 is 5.63 Å². The van der Waals surface area contributed by atoms with Crippen molar-refractivity contribution in [2.75, 3.05) is 0 Å². The zero-order chi connectivity index (χ0) is 11.0. The van der Waals surface area contributed by atoms with E-state index in [1.54, 1.807) is 6.07 Å². The highest BCUT2D eigenvalue weighted by Gasteiger charge is 2.07. The predicted molar refractivity (Wildman–Crippen MR) is 61.2 cm³/mol. The van der Waals surface area contributed by atoms with E-state index in [0.717, 1.165) is 17.4 Å². The van der Waals surface area contributed by atoms with E-state index in [9.17, 15) is 9.90 Å². The summed E-state index contributed by atoms with van der Waals surface area (Å²) in [6.45, 7) is 1.97. The Morgan fingerprint density at radius 1 is 1.40 bits per heavy atom. The van der Waals surface area contributed by atoms with Gasteiger partial charge in [0.2, 0.25) is 0 Å². The van der Waals surface area contributed by atoms with Crippen molar-refractivity contribution in [1.82, 2.24) is 0 Å². The number of halogens is 1. The second-order valence-electron chi connectivity index (χ2n) is 3.24. The number of aromatic hydroxyl groups is 1. The molecule has 0 bridgehead atoms. The van der Waals surface area contributed by atoms with Crippen LogP contribution >= 0.6 is 15.9 Å². The molecule has 0 spiro atoms. The minimum Gasteiger partial charge on any atom is -0.507 e. The van der Waals surface area contributed by atoms with Crippen LogP contribution in [-0.2, 0) is 6.42 Å². The Morgan fingerprint density at radius 3 is 2.80 bits per heavy atom. The van der Waals surface area contributed by atoms with Crippen LogP contribution in [0.5, 0.6) is 5.75 Å².